The van der Waals surface area contributed by atoms with Crippen molar-refractivity contribution in [3.8, 4) is 11.5 Å². The van der Waals surface area contributed by atoms with Crippen molar-refractivity contribution in [1.82, 2.24) is 0 Å². The van der Waals surface area contributed by atoms with Gasteiger partial charge in [0.25, 0.3) is 11.7 Å². The van der Waals surface area contributed by atoms with Crippen LogP contribution in [0.25, 0.3) is 0 Å². The molecule has 0 atom stereocenters. The minimum absolute atomic E-state index is 0.250. The van der Waals surface area contributed by atoms with Gasteiger partial charge in [0.15, 0.2) is 11.5 Å². The molecule has 0 saturated heterocycles. The van der Waals surface area contributed by atoms with E-state index in [9.17, 15) is 13.2 Å². The van der Waals surface area contributed by atoms with Crippen LogP contribution in [0.5, 0.6) is 11.5 Å². The highest BCUT2D eigenvalue weighted by Gasteiger charge is 2.44. The predicted molar refractivity (Wildman–Crippen MR) is 109 cm³/mol. The van der Waals surface area contributed by atoms with E-state index in [1.54, 1.807) is 30.3 Å². The van der Waals surface area contributed by atoms with Gasteiger partial charge in [-0.05, 0) is 55.2 Å². The Morgan fingerprint density at radius 2 is 1.83 bits per heavy atom. The van der Waals surface area contributed by atoms with Crippen LogP contribution in [0.15, 0.2) is 36.4 Å². The number of carbonyl (C=O) groups is 1. The van der Waals surface area contributed by atoms with Crippen LogP contribution in [-0.4, -0.2) is 32.9 Å². The van der Waals surface area contributed by atoms with Crippen molar-refractivity contribution in [1.29, 1.82) is 0 Å². The molecule has 1 N–H and O–H groups in total. The Bertz CT molecular complexity index is 1110. The standard InChI is InChI=1S/C21H22N2O5S/c1-29(25,26)23-11-8-14-12-15(4-6-17(14)23)20(24)22-16-5-7-18-19(13-16)28-21(27-18)9-2-3-10-21/h4-7,12-13H,2-3,8-11H2,1H3,(H,22,24). The average molecular weight is 414 g/mol. The number of ether oxygens (including phenoxy) is 2. The highest BCUT2D eigenvalue weighted by atomic mass is 32.2. The number of benzene rings is 2. The number of amides is 1. The van der Waals surface area contributed by atoms with E-state index in [2.05, 4.69) is 5.32 Å². The number of fused-ring (bicyclic) bond motifs is 2. The van der Waals surface area contributed by atoms with Crippen molar-refractivity contribution in [2.24, 2.45) is 0 Å². The fraction of sp³-hybridized carbons (Fsp3) is 0.381. The van der Waals surface area contributed by atoms with Gasteiger partial charge in [0.05, 0.1) is 11.9 Å². The molecule has 3 aliphatic rings. The van der Waals surface area contributed by atoms with Crippen LogP contribution in [0.2, 0.25) is 0 Å². The van der Waals surface area contributed by atoms with E-state index in [0.29, 0.717) is 41.4 Å². The summed E-state index contributed by atoms with van der Waals surface area (Å²) in [7, 11) is -3.31. The number of nitrogens with one attached hydrogen (secondary N) is 1. The number of nitrogens with zero attached hydrogens (tertiary/aromatic N) is 1. The molecular weight excluding hydrogens is 392 g/mol. The van der Waals surface area contributed by atoms with Gasteiger partial charge in [0.1, 0.15) is 0 Å². The third-order valence-corrected chi connectivity index (χ3v) is 6.93. The Balaban J connectivity index is 1.33. The summed E-state index contributed by atoms with van der Waals surface area (Å²) in [6.45, 7) is 0.406. The van der Waals surface area contributed by atoms with Crippen molar-refractivity contribution in [2.45, 2.75) is 37.9 Å². The Labute approximate surface area is 169 Å². The lowest BCUT2D eigenvalue weighted by molar-refractivity contribution is -0.0716. The maximum absolute atomic E-state index is 12.7. The third-order valence-electron chi connectivity index (χ3n) is 5.75. The van der Waals surface area contributed by atoms with Crippen molar-refractivity contribution >= 4 is 27.3 Å². The molecule has 7 nitrogen and oxygen atoms in total. The first kappa shape index (κ1) is 18.3. The number of carbonyl (C=O) groups excluding carboxylic acids is 1. The van der Waals surface area contributed by atoms with Crippen LogP contribution in [0.3, 0.4) is 0 Å². The molecule has 5 rings (SSSR count). The molecule has 0 unspecified atom stereocenters. The molecule has 2 aromatic carbocycles. The van der Waals surface area contributed by atoms with Crippen LogP contribution in [0, 0.1) is 0 Å². The van der Waals surface area contributed by atoms with Crippen LogP contribution >= 0.6 is 0 Å². The van der Waals surface area contributed by atoms with Gasteiger partial charge in [0.2, 0.25) is 10.0 Å². The zero-order chi connectivity index (χ0) is 20.2. The van der Waals surface area contributed by atoms with E-state index in [0.717, 1.165) is 31.2 Å². The molecule has 1 spiro atoms. The lowest BCUT2D eigenvalue weighted by atomic mass is 10.1. The average Bonchev–Trinajstić information content (AvgIpc) is 3.38. The minimum Gasteiger partial charge on any atom is -0.448 e. The van der Waals surface area contributed by atoms with Crippen molar-refractivity contribution in [2.75, 3.05) is 22.4 Å². The van der Waals surface area contributed by atoms with Gasteiger partial charge in [-0.3, -0.25) is 9.10 Å². The van der Waals surface area contributed by atoms with Gasteiger partial charge < -0.3 is 14.8 Å². The summed E-state index contributed by atoms with van der Waals surface area (Å²) in [6.07, 6.45) is 5.72. The number of hydrogen-bond donors (Lipinski definition) is 1. The highest BCUT2D eigenvalue weighted by Crippen LogP contribution is 2.47. The smallest absolute Gasteiger partial charge is 0.255 e. The van der Waals surface area contributed by atoms with Crippen molar-refractivity contribution in [3.05, 3.63) is 47.5 Å². The van der Waals surface area contributed by atoms with Gasteiger partial charge >= 0.3 is 0 Å². The fourth-order valence-electron chi connectivity index (χ4n) is 4.35. The first-order valence-electron chi connectivity index (χ1n) is 9.77. The van der Waals surface area contributed by atoms with Gasteiger partial charge in [0, 0.05) is 36.7 Å². The van der Waals surface area contributed by atoms with Crippen LogP contribution < -0.4 is 19.1 Å². The molecule has 2 heterocycles. The first-order valence-corrected chi connectivity index (χ1v) is 11.6. The predicted octanol–water partition coefficient (Wildman–Crippen LogP) is 3.30. The lowest BCUT2D eigenvalue weighted by Crippen LogP contribution is -2.34. The van der Waals surface area contributed by atoms with E-state index in [1.807, 2.05) is 6.07 Å². The number of rotatable bonds is 3. The summed E-state index contributed by atoms with van der Waals surface area (Å²) in [5.41, 5.74) is 2.63. The summed E-state index contributed by atoms with van der Waals surface area (Å²) in [6, 6.07) is 10.5. The summed E-state index contributed by atoms with van der Waals surface area (Å²) in [5.74, 6) is 0.585. The van der Waals surface area contributed by atoms with Crippen molar-refractivity contribution in [3.63, 3.8) is 0 Å². The van der Waals surface area contributed by atoms with Gasteiger partial charge in [-0.2, -0.15) is 0 Å². The van der Waals surface area contributed by atoms with E-state index < -0.39 is 15.8 Å². The molecule has 0 bridgehead atoms. The summed E-state index contributed by atoms with van der Waals surface area (Å²) >= 11 is 0. The van der Waals surface area contributed by atoms with E-state index in [-0.39, 0.29) is 5.91 Å². The maximum atomic E-state index is 12.7. The molecule has 1 aliphatic carbocycles. The zero-order valence-corrected chi connectivity index (χ0v) is 16.9. The number of anilines is 2. The zero-order valence-electron chi connectivity index (χ0n) is 16.1. The Morgan fingerprint density at radius 1 is 1.07 bits per heavy atom. The highest BCUT2D eigenvalue weighted by molar-refractivity contribution is 7.92. The van der Waals surface area contributed by atoms with Crippen LogP contribution in [-0.2, 0) is 16.4 Å². The second-order valence-corrected chi connectivity index (χ2v) is 9.77. The monoisotopic (exact) mass is 414 g/mol. The quantitative estimate of drug-likeness (QED) is 0.833. The molecule has 29 heavy (non-hydrogen) atoms. The molecule has 1 saturated carbocycles. The summed E-state index contributed by atoms with van der Waals surface area (Å²) < 4.78 is 37.2. The third kappa shape index (κ3) is 3.21. The molecule has 1 fully saturated rings. The Kier molecular flexibility index (Phi) is 4.03. The van der Waals surface area contributed by atoms with Crippen LogP contribution in [0.1, 0.15) is 41.6 Å². The molecule has 1 amide bonds. The molecular formula is C21H22N2O5S. The lowest BCUT2D eigenvalue weighted by Gasteiger charge is -2.21. The minimum atomic E-state index is -3.31. The molecule has 2 aromatic rings. The molecule has 0 radical (unpaired) electrons. The Morgan fingerprint density at radius 3 is 2.59 bits per heavy atom. The normalized spacial score (nSPS) is 18.9. The largest absolute Gasteiger partial charge is 0.448 e. The maximum Gasteiger partial charge on any atom is 0.255 e. The van der Waals surface area contributed by atoms with E-state index in [1.165, 1.54) is 10.6 Å². The van der Waals surface area contributed by atoms with Gasteiger partial charge in [-0.1, -0.05) is 0 Å². The van der Waals surface area contributed by atoms with Crippen molar-refractivity contribution < 1.29 is 22.7 Å². The van der Waals surface area contributed by atoms with E-state index >= 15 is 0 Å². The fourth-order valence-corrected chi connectivity index (χ4v) is 5.31. The summed E-state index contributed by atoms with van der Waals surface area (Å²) in [5, 5.41) is 2.89. The van der Waals surface area contributed by atoms with E-state index in [4.69, 9.17) is 9.47 Å². The molecule has 2 aliphatic heterocycles. The first-order chi connectivity index (χ1) is 13.8. The SMILES string of the molecule is CS(=O)(=O)N1CCc2cc(C(=O)Nc3ccc4c(c3)OC3(CCCC3)O4)ccc21. The van der Waals surface area contributed by atoms with Gasteiger partial charge in [-0.15, -0.1) is 0 Å². The topological polar surface area (TPSA) is 84.9 Å². The summed E-state index contributed by atoms with van der Waals surface area (Å²) in [4.78, 5) is 12.7. The second-order valence-electron chi connectivity index (χ2n) is 7.87. The number of hydrogen-bond acceptors (Lipinski definition) is 5. The molecule has 8 heteroatoms. The second kappa shape index (κ2) is 6.38. The van der Waals surface area contributed by atoms with Crippen LogP contribution in [0.4, 0.5) is 11.4 Å². The number of sulfonamides is 1. The molecule has 0 aromatic heterocycles. The van der Waals surface area contributed by atoms with Gasteiger partial charge in [-0.25, -0.2) is 8.42 Å². The molecule has 152 valence electrons. The Hall–Kier alpha value is -2.74.